The fourth-order valence-electron chi connectivity index (χ4n) is 1.54. The van der Waals surface area contributed by atoms with Crippen molar-refractivity contribution < 1.29 is 9.18 Å². The molecule has 0 amide bonds. The van der Waals surface area contributed by atoms with Gasteiger partial charge in [0.25, 0.3) is 0 Å². The summed E-state index contributed by atoms with van der Waals surface area (Å²) in [5.41, 5.74) is -0.395. The van der Waals surface area contributed by atoms with Gasteiger partial charge < -0.3 is 0 Å². The van der Waals surface area contributed by atoms with Gasteiger partial charge in [-0.15, -0.1) is 0 Å². The maximum Gasteiger partial charge on any atom is 0.131 e. The van der Waals surface area contributed by atoms with Crippen LogP contribution in [0.5, 0.6) is 0 Å². The number of Topliss-reactive ketones (excluding diaryl/α,β-unsaturated/α-hetero) is 1. The van der Waals surface area contributed by atoms with Crippen molar-refractivity contribution >= 4 is 5.78 Å². The molecule has 1 aromatic carbocycles. The molecule has 0 aliphatic rings. The lowest BCUT2D eigenvalue weighted by atomic mass is 9.80. The zero-order valence-electron chi connectivity index (χ0n) is 8.75. The van der Waals surface area contributed by atoms with Crippen LogP contribution in [0.4, 0.5) is 4.39 Å². The predicted octanol–water partition coefficient (Wildman–Crippen LogP) is 2.59. The number of hydrogen-bond acceptors (Lipinski definition) is 2. The fourth-order valence-corrected chi connectivity index (χ4v) is 1.54. The SMILES string of the molecule is CC(=O)CC(C)(C#N)c1cccc(F)c1. The molecule has 0 heterocycles. The van der Waals surface area contributed by atoms with Gasteiger partial charge >= 0.3 is 0 Å². The minimum atomic E-state index is -0.937. The Balaban J connectivity index is 3.12. The monoisotopic (exact) mass is 205 g/mol. The first-order valence-corrected chi connectivity index (χ1v) is 4.65. The van der Waals surface area contributed by atoms with Gasteiger partial charge in [-0.2, -0.15) is 5.26 Å². The maximum absolute atomic E-state index is 13.0. The molecule has 1 atom stereocenters. The Hall–Kier alpha value is -1.69. The van der Waals surface area contributed by atoms with Gasteiger partial charge in [0.2, 0.25) is 0 Å². The fraction of sp³-hybridized carbons (Fsp3) is 0.333. The van der Waals surface area contributed by atoms with E-state index in [1.54, 1.807) is 19.1 Å². The summed E-state index contributed by atoms with van der Waals surface area (Å²) >= 11 is 0. The van der Waals surface area contributed by atoms with Gasteiger partial charge in [-0.3, -0.25) is 4.79 Å². The Labute approximate surface area is 88.3 Å². The van der Waals surface area contributed by atoms with Crippen molar-refractivity contribution in [3.63, 3.8) is 0 Å². The summed E-state index contributed by atoms with van der Waals surface area (Å²) in [6.07, 6.45) is 0.104. The standard InChI is InChI=1S/C12H12FNO/c1-9(15)7-12(2,8-14)10-4-3-5-11(13)6-10/h3-6H,7H2,1-2H3. The molecule has 15 heavy (non-hydrogen) atoms. The number of carbonyl (C=O) groups is 1. The third-order valence-corrected chi connectivity index (χ3v) is 2.31. The Morgan fingerprint density at radius 1 is 1.60 bits per heavy atom. The molecule has 1 unspecified atom stereocenters. The van der Waals surface area contributed by atoms with Crippen LogP contribution in [0.1, 0.15) is 25.8 Å². The third-order valence-electron chi connectivity index (χ3n) is 2.31. The van der Waals surface area contributed by atoms with E-state index in [4.69, 9.17) is 5.26 Å². The molecule has 78 valence electrons. The molecule has 0 aliphatic carbocycles. The van der Waals surface area contributed by atoms with E-state index < -0.39 is 11.2 Å². The summed E-state index contributed by atoms with van der Waals surface area (Å²) in [5.74, 6) is -0.471. The smallest absolute Gasteiger partial charge is 0.131 e. The number of hydrogen-bond donors (Lipinski definition) is 0. The topological polar surface area (TPSA) is 40.9 Å². The predicted molar refractivity (Wildman–Crippen MR) is 54.7 cm³/mol. The number of ketones is 1. The Kier molecular flexibility index (Phi) is 3.21. The van der Waals surface area contributed by atoms with E-state index in [0.717, 1.165) is 0 Å². The molecule has 0 aliphatic heterocycles. The van der Waals surface area contributed by atoms with Gasteiger partial charge in [0.05, 0.1) is 11.5 Å². The summed E-state index contributed by atoms with van der Waals surface area (Å²) in [5, 5.41) is 9.05. The largest absolute Gasteiger partial charge is 0.300 e. The number of benzene rings is 1. The van der Waals surface area contributed by atoms with Crippen molar-refractivity contribution in [1.29, 1.82) is 5.26 Å². The molecule has 0 spiro atoms. The molecule has 0 saturated carbocycles. The van der Waals surface area contributed by atoms with Gasteiger partial charge in [-0.05, 0) is 31.5 Å². The minimum Gasteiger partial charge on any atom is -0.300 e. The van der Waals surface area contributed by atoms with Gasteiger partial charge in [-0.1, -0.05) is 12.1 Å². The van der Waals surface area contributed by atoms with Crippen LogP contribution in [-0.2, 0) is 10.2 Å². The van der Waals surface area contributed by atoms with E-state index in [0.29, 0.717) is 5.56 Å². The molecule has 0 aromatic heterocycles. The summed E-state index contributed by atoms with van der Waals surface area (Å²) < 4.78 is 13.0. The van der Waals surface area contributed by atoms with E-state index >= 15 is 0 Å². The van der Waals surface area contributed by atoms with Crippen molar-refractivity contribution in [3.8, 4) is 6.07 Å². The van der Waals surface area contributed by atoms with E-state index in [2.05, 4.69) is 6.07 Å². The highest BCUT2D eigenvalue weighted by molar-refractivity contribution is 5.77. The first-order valence-electron chi connectivity index (χ1n) is 4.65. The zero-order valence-corrected chi connectivity index (χ0v) is 8.75. The lowest BCUT2D eigenvalue weighted by Gasteiger charge is -2.20. The summed E-state index contributed by atoms with van der Waals surface area (Å²) in [6.45, 7) is 3.07. The molecule has 0 bridgehead atoms. The second kappa shape index (κ2) is 4.22. The number of carbonyl (C=O) groups excluding carboxylic acids is 1. The molecular weight excluding hydrogens is 193 g/mol. The highest BCUT2D eigenvalue weighted by Gasteiger charge is 2.28. The summed E-state index contributed by atoms with van der Waals surface area (Å²) in [6, 6.07) is 7.88. The number of nitrogens with zero attached hydrogens (tertiary/aromatic N) is 1. The second-order valence-electron chi connectivity index (χ2n) is 3.83. The molecule has 3 heteroatoms. The first kappa shape index (κ1) is 11.4. The van der Waals surface area contributed by atoms with E-state index in [-0.39, 0.29) is 12.2 Å². The quantitative estimate of drug-likeness (QED) is 0.761. The number of nitriles is 1. The minimum absolute atomic E-state index is 0.0803. The van der Waals surface area contributed by atoms with Crippen LogP contribution in [0.3, 0.4) is 0 Å². The van der Waals surface area contributed by atoms with Crippen LogP contribution in [-0.4, -0.2) is 5.78 Å². The van der Waals surface area contributed by atoms with E-state index in [9.17, 15) is 9.18 Å². The van der Waals surface area contributed by atoms with Crippen LogP contribution in [0.2, 0.25) is 0 Å². The summed E-state index contributed by atoms with van der Waals surface area (Å²) in [7, 11) is 0. The first-order chi connectivity index (χ1) is 6.98. The van der Waals surface area contributed by atoms with Crippen LogP contribution in [0.15, 0.2) is 24.3 Å². The van der Waals surface area contributed by atoms with Gasteiger partial charge in [0.1, 0.15) is 11.6 Å². The van der Waals surface area contributed by atoms with Crippen molar-refractivity contribution in [2.75, 3.05) is 0 Å². The Bertz CT molecular complexity index is 422. The lowest BCUT2D eigenvalue weighted by molar-refractivity contribution is -0.117. The average molecular weight is 205 g/mol. The molecule has 2 nitrogen and oxygen atoms in total. The van der Waals surface area contributed by atoms with Crippen molar-refractivity contribution in [2.24, 2.45) is 0 Å². The lowest BCUT2D eigenvalue weighted by Crippen LogP contribution is -2.22. The van der Waals surface area contributed by atoms with Gasteiger partial charge in [-0.25, -0.2) is 4.39 Å². The second-order valence-corrected chi connectivity index (χ2v) is 3.83. The van der Waals surface area contributed by atoms with Crippen molar-refractivity contribution in [3.05, 3.63) is 35.6 Å². The molecule has 0 radical (unpaired) electrons. The third kappa shape index (κ3) is 2.63. The van der Waals surface area contributed by atoms with Crippen LogP contribution in [0.25, 0.3) is 0 Å². The van der Waals surface area contributed by atoms with Crippen LogP contribution in [0, 0.1) is 17.1 Å². The van der Waals surface area contributed by atoms with Crippen LogP contribution < -0.4 is 0 Å². The zero-order chi connectivity index (χ0) is 11.5. The highest BCUT2D eigenvalue weighted by atomic mass is 19.1. The highest BCUT2D eigenvalue weighted by Crippen LogP contribution is 2.27. The maximum atomic E-state index is 13.0. The van der Waals surface area contributed by atoms with E-state index in [1.165, 1.54) is 19.1 Å². The van der Waals surface area contributed by atoms with Gasteiger partial charge in [0, 0.05) is 6.42 Å². The number of halogens is 1. The average Bonchev–Trinajstić information content (AvgIpc) is 2.16. The number of rotatable bonds is 3. The van der Waals surface area contributed by atoms with E-state index in [1.807, 2.05) is 0 Å². The van der Waals surface area contributed by atoms with Crippen molar-refractivity contribution in [2.45, 2.75) is 25.7 Å². The van der Waals surface area contributed by atoms with Gasteiger partial charge in [0.15, 0.2) is 0 Å². The Morgan fingerprint density at radius 3 is 2.73 bits per heavy atom. The molecule has 1 rings (SSSR count). The molecule has 0 fully saturated rings. The van der Waals surface area contributed by atoms with Crippen LogP contribution >= 0.6 is 0 Å². The Morgan fingerprint density at radius 2 is 2.27 bits per heavy atom. The molecule has 0 saturated heterocycles. The molecular formula is C12H12FNO. The molecule has 1 aromatic rings. The normalized spacial score (nSPS) is 14.0. The van der Waals surface area contributed by atoms with Crippen molar-refractivity contribution in [1.82, 2.24) is 0 Å². The summed E-state index contributed by atoms with van der Waals surface area (Å²) in [4.78, 5) is 11.0. The molecule has 0 N–H and O–H groups in total.